The Morgan fingerprint density at radius 2 is 1.96 bits per heavy atom. The summed E-state index contributed by atoms with van der Waals surface area (Å²) in [5.41, 5.74) is 2.34. The number of carbonyl (C=O) groups excluding carboxylic acids is 1. The molecule has 0 saturated carbocycles. The van der Waals surface area contributed by atoms with Crippen molar-refractivity contribution in [3.63, 3.8) is 0 Å². The van der Waals surface area contributed by atoms with Crippen LogP contribution in [0.5, 0.6) is 11.5 Å². The van der Waals surface area contributed by atoms with Crippen LogP contribution in [0, 0.1) is 12.7 Å². The molecule has 1 N–H and O–H groups in total. The predicted octanol–water partition coefficient (Wildman–Crippen LogP) is 4.28. The summed E-state index contributed by atoms with van der Waals surface area (Å²) >= 11 is 1.30. The van der Waals surface area contributed by atoms with Gasteiger partial charge in [0.1, 0.15) is 19.0 Å². The molecule has 0 unspecified atom stereocenters. The molecule has 0 radical (unpaired) electrons. The van der Waals surface area contributed by atoms with E-state index in [4.69, 9.17) is 9.47 Å². The lowest BCUT2D eigenvalue weighted by Gasteiger charge is -2.18. The molecular weight excluding hydrogens is 355 g/mol. The molecule has 0 atom stereocenters. The number of amides is 1. The molecule has 5 nitrogen and oxygen atoms in total. The number of hydrogen-bond acceptors (Lipinski definition) is 5. The third-order valence-electron chi connectivity index (χ3n) is 4.00. The number of ether oxygens (including phenoxy) is 2. The van der Waals surface area contributed by atoms with Crippen LogP contribution in [0.3, 0.4) is 0 Å². The summed E-state index contributed by atoms with van der Waals surface area (Å²) in [6, 6.07) is 9.99. The maximum absolute atomic E-state index is 13.6. The Labute approximate surface area is 153 Å². The summed E-state index contributed by atoms with van der Waals surface area (Å²) in [6.45, 7) is 2.71. The highest BCUT2D eigenvalue weighted by atomic mass is 32.1. The second-order valence-electron chi connectivity index (χ2n) is 5.81. The summed E-state index contributed by atoms with van der Waals surface area (Å²) in [4.78, 5) is 16.7. The molecule has 4 rings (SSSR count). The Balaban J connectivity index is 1.52. The molecule has 0 saturated heterocycles. The molecule has 1 aliphatic heterocycles. The highest BCUT2D eigenvalue weighted by Crippen LogP contribution is 2.35. The molecule has 0 spiro atoms. The van der Waals surface area contributed by atoms with E-state index in [2.05, 4.69) is 10.3 Å². The molecule has 1 aromatic heterocycles. The summed E-state index contributed by atoms with van der Waals surface area (Å²) < 4.78 is 24.7. The molecule has 132 valence electrons. The van der Waals surface area contributed by atoms with Gasteiger partial charge in [0.2, 0.25) is 0 Å². The SMILES string of the molecule is Cc1ccc(C(=O)Nc2nc(-c3ccc4c(c3)OCCO4)cs2)cc1F. The van der Waals surface area contributed by atoms with Crippen molar-refractivity contribution in [2.75, 3.05) is 18.5 Å². The predicted molar refractivity (Wildman–Crippen MR) is 97.6 cm³/mol. The van der Waals surface area contributed by atoms with Crippen LogP contribution < -0.4 is 14.8 Å². The monoisotopic (exact) mass is 370 g/mol. The van der Waals surface area contributed by atoms with Gasteiger partial charge in [0.15, 0.2) is 16.6 Å². The minimum absolute atomic E-state index is 0.254. The first-order valence-electron chi connectivity index (χ1n) is 8.03. The normalized spacial score (nSPS) is 12.7. The Bertz CT molecular complexity index is 987. The first-order chi connectivity index (χ1) is 12.6. The molecular formula is C19H15FN2O3S. The molecule has 2 heterocycles. The summed E-state index contributed by atoms with van der Waals surface area (Å²) in [5, 5.41) is 4.99. The van der Waals surface area contributed by atoms with Crippen LogP contribution in [0.2, 0.25) is 0 Å². The fourth-order valence-corrected chi connectivity index (χ4v) is 3.28. The second kappa shape index (κ2) is 6.76. The number of benzene rings is 2. The van der Waals surface area contributed by atoms with Gasteiger partial charge in [-0.2, -0.15) is 0 Å². The number of aryl methyl sites for hydroxylation is 1. The third kappa shape index (κ3) is 3.25. The van der Waals surface area contributed by atoms with E-state index in [1.165, 1.54) is 17.4 Å². The van der Waals surface area contributed by atoms with Crippen LogP contribution in [-0.2, 0) is 0 Å². The zero-order valence-electron chi connectivity index (χ0n) is 13.9. The minimum atomic E-state index is -0.409. The van der Waals surface area contributed by atoms with Gasteiger partial charge in [0.25, 0.3) is 5.91 Å². The Kier molecular flexibility index (Phi) is 4.30. The molecule has 1 aliphatic rings. The van der Waals surface area contributed by atoms with Gasteiger partial charge in [-0.3, -0.25) is 10.1 Å². The smallest absolute Gasteiger partial charge is 0.257 e. The van der Waals surface area contributed by atoms with Crippen molar-refractivity contribution in [1.29, 1.82) is 0 Å². The Morgan fingerprint density at radius 1 is 1.15 bits per heavy atom. The largest absolute Gasteiger partial charge is 0.486 e. The number of thiazole rings is 1. The molecule has 0 aliphatic carbocycles. The number of rotatable bonds is 3. The number of halogens is 1. The van der Waals surface area contributed by atoms with Crippen LogP contribution in [0.25, 0.3) is 11.3 Å². The van der Waals surface area contributed by atoms with Gasteiger partial charge in [-0.05, 0) is 42.8 Å². The van der Waals surface area contributed by atoms with Gasteiger partial charge in [-0.1, -0.05) is 6.07 Å². The number of nitrogens with zero attached hydrogens (tertiary/aromatic N) is 1. The van der Waals surface area contributed by atoms with E-state index in [0.717, 1.165) is 11.3 Å². The number of carbonyl (C=O) groups is 1. The van der Waals surface area contributed by atoms with Crippen molar-refractivity contribution < 1.29 is 18.7 Å². The minimum Gasteiger partial charge on any atom is -0.486 e. The quantitative estimate of drug-likeness (QED) is 0.748. The summed E-state index contributed by atoms with van der Waals surface area (Å²) in [7, 11) is 0. The van der Waals surface area contributed by atoms with Gasteiger partial charge < -0.3 is 9.47 Å². The first-order valence-corrected chi connectivity index (χ1v) is 8.91. The van der Waals surface area contributed by atoms with Crippen molar-refractivity contribution >= 4 is 22.4 Å². The van der Waals surface area contributed by atoms with E-state index in [0.29, 0.717) is 35.4 Å². The van der Waals surface area contributed by atoms with Crippen molar-refractivity contribution in [2.24, 2.45) is 0 Å². The zero-order chi connectivity index (χ0) is 18.1. The molecule has 7 heteroatoms. The van der Waals surface area contributed by atoms with Crippen LogP contribution in [0.15, 0.2) is 41.8 Å². The topological polar surface area (TPSA) is 60.5 Å². The summed E-state index contributed by atoms with van der Waals surface area (Å²) in [6.07, 6.45) is 0. The fraction of sp³-hybridized carbons (Fsp3) is 0.158. The van der Waals surface area contributed by atoms with Crippen LogP contribution >= 0.6 is 11.3 Å². The van der Waals surface area contributed by atoms with E-state index < -0.39 is 11.7 Å². The molecule has 0 bridgehead atoms. The van der Waals surface area contributed by atoms with Gasteiger partial charge in [-0.15, -0.1) is 11.3 Å². The average molecular weight is 370 g/mol. The van der Waals surface area contributed by atoms with E-state index in [9.17, 15) is 9.18 Å². The van der Waals surface area contributed by atoms with Gasteiger partial charge in [0.05, 0.1) is 5.69 Å². The number of hydrogen-bond donors (Lipinski definition) is 1. The van der Waals surface area contributed by atoms with Crippen LogP contribution in [-0.4, -0.2) is 24.1 Å². The molecule has 0 fully saturated rings. The third-order valence-corrected chi connectivity index (χ3v) is 4.75. The van der Waals surface area contributed by atoms with Gasteiger partial charge in [0, 0.05) is 16.5 Å². The standard InChI is InChI=1S/C19H15FN2O3S/c1-11-2-3-13(8-14(11)20)18(23)22-19-21-15(10-26-19)12-4-5-16-17(9-12)25-7-6-24-16/h2-5,8-10H,6-7H2,1H3,(H,21,22,23). The average Bonchev–Trinajstić information content (AvgIpc) is 3.12. The Morgan fingerprint density at radius 3 is 2.77 bits per heavy atom. The zero-order valence-corrected chi connectivity index (χ0v) is 14.7. The summed E-state index contributed by atoms with van der Waals surface area (Å²) in [5.74, 6) is 0.591. The lowest BCUT2D eigenvalue weighted by atomic mass is 10.1. The number of nitrogens with one attached hydrogen (secondary N) is 1. The van der Waals surface area contributed by atoms with Crippen molar-refractivity contribution in [1.82, 2.24) is 4.98 Å². The molecule has 3 aromatic rings. The molecule has 2 aromatic carbocycles. The fourth-order valence-electron chi connectivity index (χ4n) is 2.57. The van der Waals surface area contributed by atoms with Gasteiger partial charge >= 0.3 is 0 Å². The highest BCUT2D eigenvalue weighted by Gasteiger charge is 2.15. The second-order valence-corrected chi connectivity index (χ2v) is 6.67. The highest BCUT2D eigenvalue weighted by molar-refractivity contribution is 7.14. The number of anilines is 1. The van der Waals surface area contributed by atoms with Gasteiger partial charge in [-0.25, -0.2) is 9.37 Å². The van der Waals surface area contributed by atoms with Crippen molar-refractivity contribution in [3.05, 3.63) is 58.7 Å². The molecule has 1 amide bonds. The van der Waals surface area contributed by atoms with E-state index in [1.807, 2.05) is 23.6 Å². The lowest BCUT2D eigenvalue weighted by Crippen LogP contribution is -2.15. The molecule has 26 heavy (non-hydrogen) atoms. The lowest BCUT2D eigenvalue weighted by molar-refractivity contribution is 0.102. The van der Waals surface area contributed by atoms with Crippen molar-refractivity contribution in [2.45, 2.75) is 6.92 Å². The van der Waals surface area contributed by atoms with Crippen LogP contribution in [0.1, 0.15) is 15.9 Å². The number of fused-ring (bicyclic) bond motifs is 1. The van der Waals surface area contributed by atoms with Crippen molar-refractivity contribution in [3.8, 4) is 22.8 Å². The van der Waals surface area contributed by atoms with Crippen LogP contribution in [0.4, 0.5) is 9.52 Å². The van der Waals surface area contributed by atoms with E-state index >= 15 is 0 Å². The van der Waals surface area contributed by atoms with E-state index in [-0.39, 0.29) is 5.56 Å². The number of aromatic nitrogens is 1. The van der Waals surface area contributed by atoms with E-state index in [1.54, 1.807) is 19.1 Å². The Hall–Kier alpha value is -2.93. The first kappa shape index (κ1) is 16.5. The maximum atomic E-state index is 13.6. The maximum Gasteiger partial charge on any atom is 0.257 e.